The Balaban J connectivity index is 1.13. The molecule has 8 aromatic carbocycles. The van der Waals surface area contributed by atoms with Crippen LogP contribution in [-0.4, -0.2) is 4.98 Å². The van der Waals surface area contributed by atoms with Crippen molar-refractivity contribution in [2.45, 2.75) is 0 Å². The van der Waals surface area contributed by atoms with E-state index in [1.165, 1.54) is 43.8 Å². The number of nitrogens with zero attached hydrogens (tertiary/aromatic N) is 2. The Morgan fingerprint density at radius 1 is 0.400 bits per heavy atom. The van der Waals surface area contributed by atoms with Gasteiger partial charge in [-0.15, -0.1) is 0 Å². The van der Waals surface area contributed by atoms with Gasteiger partial charge < -0.3 is 9.32 Å². The molecule has 0 radical (unpaired) electrons. The summed E-state index contributed by atoms with van der Waals surface area (Å²) in [5, 5.41) is 9.32. The van der Waals surface area contributed by atoms with Crippen LogP contribution in [0.2, 0.25) is 0 Å². The van der Waals surface area contributed by atoms with Crippen LogP contribution in [0.3, 0.4) is 0 Å². The molecule has 0 atom stereocenters. The summed E-state index contributed by atoms with van der Waals surface area (Å²) in [6.07, 6.45) is 3.88. The number of benzene rings is 8. The summed E-state index contributed by atoms with van der Waals surface area (Å²) in [4.78, 5) is 7.04. The first-order valence-corrected chi connectivity index (χ1v) is 16.9. The molecule has 0 fully saturated rings. The zero-order valence-electron chi connectivity index (χ0n) is 27.1. The zero-order chi connectivity index (χ0) is 33.0. The summed E-state index contributed by atoms with van der Waals surface area (Å²) in [7, 11) is 0. The first-order valence-electron chi connectivity index (χ1n) is 16.9. The fourth-order valence-electron chi connectivity index (χ4n) is 7.45. The summed E-state index contributed by atoms with van der Waals surface area (Å²) in [5.41, 5.74) is 9.50. The van der Waals surface area contributed by atoms with Gasteiger partial charge in [-0.3, -0.25) is 4.98 Å². The summed E-state index contributed by atoms with van der Waals surface area (Å²) in [6.45, 7) is 0. The summed E-state index contributed by atoms with van der Waals surface area (Å²) in [5.74, 6) is 0. The molecule has 0 unspecified atom stereocenters. The number of fused-ring (bicyclic) bond motifs is 8. The lowest BCUT2D eigenvalue weighted by atomic mass is 9.97. The number of para-hydroxylation sites is 1. The maximum Gasteiger partial charge on any atom is 0.145 e. The molecule has 0 bridgehead atoms. The van der Waals surface area contributed by atoms with Gasteiger partial charge in [0, 0.05) is 33.7 Å². The van der Waals surface area contributed by atoms with E-state index in [0.717, 1.165) is 49.8 Å². The molecular weight excluding hydrogens is 609 g/mol. The number of hydrogen-bond acceptors (Lipinski definition) is 3. The third-order valence-electron chi connectivity index (χ3n) is 9.92. The topological polar surface area (TPSA) is 29.3 Å². The molecule has 0 spiro atoms. The van der Waals surface area contributed by atoms with Gasteiger partial charge in [0.05, 0.1) is 17.3 Å². The Hall–Kier alpha value is -6.71. The molecule has 0 saturated heterocycles. The van der Waals surface area contributed by atoms with E-state index in [9.17, 15) is 0 Å². The minimum absolute atomic E-state index is 0.868. The van der Waals surface area contributed by atoms with E-state index in [0.29, 0.717) is 0 Å². The number of anilines is 3. The number of hydrogen-bond donors (Lipinski definition) is 0. The lowest BCUT2D eigenvalue weighted by Gasteiger charge is -2.27. The van der Waals surface area contributed by atoms with Crippen molar-refractivity contribution in [2.75, 3.05) is 4.90 Å². The highest BCUT2D eigenvalue weighted by Gasteiger charge is 2.20. The van der Waals surface area contributed by atoms with Gasteiger partial charge in [-0.1, -0.05) is 127 Å². The molecule has 0 N–H and O–H groups in total. The third kappa shape index (κ3) is 4.63. The second-order valence-corrected chi connectivity index (χ2v) is 12.8. The number of rotatable bonds is 5. The Morgan fingerprint density at radius 2 is 0.980 bits per heavy atom. The zero-order valence-corrected chi connectivity index (χ0v) is 27.1. The normalized spacial score (nSPS) is 11.6. The monoisotopic (exact) mass is 638 g/mol. The average molecular weight is 639 g/mol. The second-order valence-electron chi connectivity index (χ2n) is 12.8. The fraction of sp³-hybridized carbons (Fsp3) is 0. The lowest BCUT2D eigenvalue weighted by Crippen LogP contribution is -2.11. The molecule has 3 nitrogen and oxygen atoms in total. The number of aromatic nitrogens is 1. The molecule has 234 valence electrons. The highest BCUT2D eigenvalue weighted by Crippen LogP contribution is 2.44. The van der Waals surface area contributed by atoms with E-state index in [-0.39, 0.29) is 0 Å². The van der Waals surface area contributed by atoms with Crippen molar-refractivity contribution >= 4 is 71.3 Å². The summed E-state index contributed by atoms with van der Waals surface area (Å²) >= 11 is 0. The fourth-order valence-corrected chi connectivity index (χ4v) is 7.45. The first-order chi connectivity index (χ1) is 24.8. The van der Waals surface area contributed by atoms with E-state index >= 15 is 0 Å². The van der Waals surface area contributed by atoms with Crippen LogP contribution >= 0.6 is 0 Å². The minimum Gasteiger partial charge on any atom is -0.455 e. The van der Waals surface area contributed by atoms with Crippen molar-refractivity contribution in [3.05, 3.63) is 182 Å². The van der Waals surface area contributed by atoms with Crippen LogP contribution in [0.4, 0.5) is 17.1 Å². The van der Waals surface area contributed by atoms with Gasteiger partial charge in [0.15, 0.2) is 0 Å². The van der Waals surface area contributed by atoms with Crippen molar-refractivity contribution in [1.82, 2.24) is 4.98 Å². The van der Waals surface area contributed by atoms with E-state index in [1.54, 1.807) is 0 Å². The van der Waals surface area contributed by atoms with E-state index in [2.05, 4.69) is 163 Å². The van der Waals surface area contributed by atoms with Crippen molar-refractivity contribution < 1.29 is 4.42 Å². The maximum atomic E-state index is 6.59. The van der Waals surface area contributed by atoms with Crippen LogP contribution in [-0.2, 0) is 0 Å². The SMILES string of the molecule is c1ccc(-c2ccc(N(c3ccc(-c4ccc5c(ccc6ccccc65)c4)cc3)c3cncc4ccc5c6ccccc6oc5c34)cc2)cc1. The molecule has 10 rings (SSSR count). The first kappa shape index (κ1) is 28.3. The van der Waals surface area contributed by atoms with Gasteiger partial charge in [-0.2, -0.15) is 0 Å². The van der Waals surface area contributed by atoms with E-state index < -0.39 is 0 Å². The molecule has 50 heavy (non-hydrogen) atoms. The average Bonchev–Trinajstić information content (AvgIpc) is 3.58. The molecule has 0 saturated carbocycles. The third-order valence-corrected chi connectivity index (χ3v) is 9.92. The predicted molar refractivity (Wildman–Crippen MR) is 210 cm³/mol. The van der Waals surface area contributed by atoms with Crippen LogP contribution in [0.5, 0.6) is 0 Å². The highest BCUT2D eigenvalue weighted by atomic mass is 16.3. The Kier molecular flexibility index (Phi) is 6.49. The smallest absolute Gasteiger partial charge is 0.145 e. The van der Waals surface area contributed by atoms with Crippen LogP contribution in [0.15, 0.2) is 187 Å². The number of pyridine rings is 1. The molecule has 0 aliphatic rings. The Labute approximate surface area is 289 Å². The quantitative estimate of drug-likeness (QED) is 0.176. The predicted octanol–water partition coefficient (Wildman–Crippen LogP) is 13.2. The molecule has 10 aromatic rings. The van der Waals surface area contributed by atoms with Crippen molar-refractivity contribution in [2.24, 2.45) is 0 Å². The molecule has 2 heterocycles. The van der Waals surface area contributed by atoms with Crippen LogP contribution in [0.25, 0.3) is 76.5 Å². The van der Waals surface area contributed by atoms with E-state index in [1.807, 2.05) is 24.5 Å². The van der Waals surface area contributed by atoms with Gasteiger partial charge in [0.2, 0.25) is 0 Å². The van der Waals surface area contributed by atoms with Gasteiger partial charge in [0.1, 0.15) is 11.2 Å². The van der Waals surface area contributed by atoms with E-state index in [4.69, 9.17) is 9.40 Å². The summed E-state index contributed by atoms with van der Waals surface area (Å²) in [6, 6.07) is 60.5. The molecule has 3 heteroatoms. The Bertz CT molecular complexity index is 2850. The van der Waals surface area contributed by atoms with Gasteiger partial charge in [-0.05, 0) is 86.3 Å². The van der Waals surface area contributed by atoms with Crippen LogP contribution in [0, 0.1) is 0 Å². The lowest BCUT2D eigenvalue weighted by molar-refractivity contribution is 0.672. The minimum atomic E-state index is 0.868. The molecule has 0 amide bonds. The molecule has 0 aliphatic heterocycles. The highest BCUT2D eigenvalue weighted by molar-refractivity contribution is 6.19. The van der Waals surface area contributed by atoms with Crippen molar-refractivity contribution in [1.29, 1.82) is 0 Å². The van der Waals surface area contributed by atoms with Crippen molar-refractivity contribution in [3.63, 3.8) is 0 Å². The van der Waals surface area contributed by atoms with Gasteiger partial charge >= 0.3 is 0 Å². The van der Waals surface area contributed by atoms with Crippen molar-refractivity contribution in [3.8, 4) is 22.3 Å². The molecule has 0 aliphatic carbocycles. The van der Waals surface area contributed by atoms with Crippen LogP contribution < -0.4 is 4.90 Å². The maximum absolute atomic E-state index is 6.59. The Morgan fingerprint density at radius 3 is 1.78 bits per heavy atom. The summed E-state index contributed by atoms with van der Waals surface area (Å²) < 4.78 is 6.59. The van der Waals surface area contributed by atoms with Gasteiger partial charge in [-0.25, -0.2) is 0 Å². The van der Waals surface area contributed by atoms with Gasteiger partial charge in [0.25, 0.3) is 0 Å². The largest absolute Gasteiger partial charge is 0.455 e. The molecular formula is C47H30N2O. The standard InChI is InChI=1S/C47H30N2O/c1-2-8-31(9-3-1)32-16-22-38(23-17-32)49(44-30-48-29-37-21-27-43-42-12-6-7-13-45(42)50-47(43)46(37)44)39-24-18-33(19-25-39)35-20-26-41-36(28-35)15-14-34-10-4-5-11-40(34)41/h1-30H. The molecule has 2 aromatic heterocycles. The second kappa shape index (κ2) is 11.5. The van der Waals surface area contributed by atoms with Crippen LogP contribution in [0.1, 0.15) is 0 Å². The number of furan rings is 1.